The minimum atomic E-state index is -7.73. The summed E-state index contributed by atoms with van der Waals surface area (Å²) in [7, 11) is -18.9. The first-order chi connectivity index (χ1) is 38.1. The van der Waals surface area contributed by atoms with E-state index in [1.165, 1.54) is 0 Å². The Morgan fingerprint density at radius 3 is 2.17 bits per heavy atom. The van der Waals surface area contributed by atoms with E-state index in [0.717, 1.165) is 10.6 Å². The van der Waals surface area contributed by atoms with Gasteiger partial charge in [-0.15, -0.1) is 0 Å². The highest BCUT2D eigenvalue weighted by molar-refractivity contribution is 7.89. The van der Waals surface area contributed by atoms with Gasteiger partial charge in [0, 0.05) is 55.3 Å². The first kappa shape index (κ1) is 11.4. The number of amides is 2. The van der Waals surface area contributed by atoms with Crippen molar-refractivity contribution in [2.45, 2.75) is 55.6 Å². The van der Waals surface area contributed by atoms with Gasteiger partial charge in [-0.05, 0) is 53.9 Å². The Balaban J connectivity index is 2.86. The van der Waals surface area contributed by atoms with Crippen LogP contribution < -0.4 is 16.4 Å². The Bertz CT molecular complexity index is 3290. The number of hydrogen-bond acceptors (Lipinski definition) is 8. The molecule has 0 bridgehead atoms. The summed E-state index contributed by atoms with van der Waals surface area (Å²) in [6.07, 6.45) is -20.6. The summed E-state index contributed by atoms with van der Waals surface area (Å²) in [5.41, 5.74) is 0.170. The van der Waals surface area contributed by atoms with Gasteiger partial charge in [-0.3, -0.25) is 9.32 Å². The number of nitrogens with two attached hydrogens (primary N) is 1. The zero-order chi connectivity index (χ0) is 69.5. The number of nitrogen functional groups attached to an aromatic ring is 1. The molecule has 3 aromatic rings. The molecule has 0 saturated carbocycles. The van der Waals surface area contributed by atoms with Crippen molar-refractivity contribution in [1.29, 1.82) is 0 Å². The van der Waals surface area contributed by atoms with Crippen molar-refractivity contribution in [3.8, 4) is 0 Å². The predicted molar refractivity (Wildman–Crippen MR) is 182 cm³/mol. The Hall–Kier alpha value is -3.78. The van der Waals surface area contributed by atoms with Gasteiger partial charge in [-0.2, -0.15) is 4.31 Å². The molecule has 0 unspecified atom stereocenters. The van der Waals surface area contributed by atoms with Crippen LogP contribution in [0.25, 0.3) is 0 Å². The van der Waals surface area contributed by atoms with Crippen LogP contribution in [0.15, 0.2) is 89.5 Å². The average Bonchev–Trinajstić information content (AvgIpc) is 0.678. The third-order valence-electron chi connectivity index (χ3n) is 4.58. The van der Waals surface area contributed by atoms with Gasteiger partial charge in [-0.25, -0.2) is 17.8 Å². The van der Waals surface area contributed by atoms with E-state index in [0.29, 0.717) is 0 Å². The molecule has 0 heterocycles. The van der Waals surface area contributed by atoms with Crippen LogP contribution in [0.1, 0.15) is 103 Å². The number of phosphoric acid groups is 1. The lowest BCUT2D eigenvalue weighted by atomic mass is 9.84. The normalized spacial score (nSPS) is 29.4. The van der Waals surface area contributed by atoms with Gasteiger partial charge >= 0.3 is 13.9 Å². The number of carbonyl (C=O) groups is 2. The average molecular weight is 744 g/mol. The molecule has 48 heavy (non-hydrogen) atoms. The zero-order valence-corrected chi connectivity index (χ0v) is 24.8. The van der Waals surface area contributed by atoms with E-state index in [2.05, 4.69) is 9.26 Å². The quantitative estimate of drug-likeness (QED) is 0.0929. The minimum absolute atomic E-state index is 0.718. The number of methoxy groups -OCH3 is 1. The van der Waals surface area contributed by atoms with E-state index in [1.807, 2.05) is 0 Å². The second-order valence-corrected chi connectivity index (χ2v) is 10.6. The third-order valence-corrected chi connectivity index (χ3v) is 6.38. The largest absolute Gasteiger partial charge is 0.469 e. The molecule has 15 heteroatoms. The lowest BCUT2D eigenvalue weighted by Gasteiger charge is -2.32. The van der Waals surface area contributed by atoms with Crippen molar-refractivity contribution in [2.75, 3.05) is 32.3 Å². The number of nitrogens with one attached hydrogen (secondary N) is 2. The molecule has 0 aliphatic heterocycles. The van der Waals surface area contributed by atoms with Crippen molar-refractivity contribution in [2.24, 2.45) is 5.89 Å². The summed E-state index contributed by atoms with van der Waals surface area (Å²) >= 11 is 0. The van der Waals surface area contributed by atoms with Gasteiger partial charge < -0.3 is 30.9 Å². The lowest BCUT2D eigenvalue weighted by molar-refractivity contribution is -0.123. The molecule has 0 fully saturated rings. The summed E-state index contributed by atoms with van der Waals surface area (Å²) < 4.78 is 380. The van der Waals surface area contributed by atoms with Gasteiger partial charge in [0.15, 0.2) is 0 Å². The Kier molecular flexibility index (Phi) is 4.29. The summed E-state index contributed by atoms with van der Waals surface area (Å²) in [6, 6.07) is -36.0. The number of alkyl carbamates (subject to hydrolysis) is 1. The number of benzene rings is 3. The van der Waals surface area contributed by atoms with Crippen LogP contribution in [-0.2, 0) is 28.6 Å². The van der Waals surface area contributed by atoms with Gasteiger partial charge in [0.05, 0.1) is 47.3 Å². The molecule has 0 aliphatic rings. The summed E-state index contributed by atoms with van der Waals surface area (Å²) in [5.74, 6) is -13.4. The number of anilines is 1. The Morgan fingerprint density at radius 1 is 1.02 bits per heavy atom. The summed E-state index contributed by atoms with van der Waals surface area (Å²) in [6.45, 7) is -27.4. The van der Waals surface area contributed by atoms with E-state index >= 15 is 13.2 Å². The minimum Gasteiger partial charge on any atom is -0.453 e. The Labute approximate surface area is 336 Å². The van der Waals surface area contributed by atoms with Crippen molar-refractivity contribution in [3.05, 3.63) is 95.7 Å². The maximum Gasteiger partial charge on any atom is 0.469 e. The first-order valence-electron chi connectivity index (χ1n) is 31.2. The summed E-state index contributed by atoms with van der Waals surface area (Å²) in [5, 5.41) is 1.71. The fraction of sp³-hybridized carbons (Fsp3) is 0.394. The fourth-order valence-electron chi connectivity index (χ4n) is 2.85. The Morgan fingerprint density at radius 2 is 1.62 bits per heavy atom. The summed E-state index contributed by atoms with van der Waals surface area (Å²) in [4.78, 5) is 45.8. The second-order valence-electron chi connectivity index (χ2n) is 7.75. The van der Waals surface area contributed by atoms with Crippen LogP contribution in [0, 0.1) is 5.89 Å². The molecule has 3 aromatic carbocycles. The van der Waals surface area contributed by atoms with Gasteiger partial charge in [-0.1, -0.05) is 80.5 Å². The highest BCUT2D eigenvalue weighted by atomic mass is 32.2. The third kappa shape index (κ3) is 11.7. The molecule has 262 valence electrons. The molecule has 0 aromatic heterocycles. The molecule has 0 aliphatic carbocycles. The lowest BCUT2D eigenvalue weighted by Crippen LogP contribution is -2.50. The van der Waals surface area contributed by atoms with E-state index in [1.54, 1.807) is 0 Å². The maximum atomic E-state index is 15.3. The van der Waals surface area contributed by atoms with Crippen molar-refractivity contribution in [1.82, 2.24) is 14.9 Å². The first-order valence-corrected chi connectivity index (χ1v) is 14.7. The molecule has 6 N–H and O–H groups in total. The number of phosphoric ester groups is 1. The van der Waals surface area contributed by atoms with Crippen molar-refractivity contribution < 1.29 is 95.1 Å². The maximum absolute atomic E-state index is 15.3. The van der Waals surface area contributed by atoms with Gasteiger partial charge in [0.1, 0.15) is 6.02 Å². The number of sulfonamides is 1. The number of hydrogen-bond donors (Lipinski definition) is 5. The van der Waals surface area contributed by atoms with Crippen molar-refractivity contribution in [3.63, 3.8) is 0 Å². The molecule has 0 spiro atoms. The molecule has 2 atom stereocenters. The number of carbonyl (C=O) groups excluding carboxylic acids is 2. The van der Waals surface area contributed by atoms with E-state index < -0.39 is 224 Å². The number of nitrogens with zero attached hydrogens (tertiary/aromatic N) is 1. The fourth-order valence-corrected chi connectivity index (χ4v) is 4.13. The van der Waals surface area contributed by atoms with Crippen LogP contribution in [0.5, 0.6) is 0 Å². The molecule has 3 rings (SSSR count). The molecule has 2 amide bonds. The van der Waals surface area contributed by atoms with Gasteiger partial charge in [0.2, 0.25) is 15.9 Å². The second kappa shape index (κ2) is 18.1. The van der Waals surface area contributed by atoms with Crippen LogP contribution in [0.2, 0.25) is 0 Å². The van der Waals surface area contributed by atoms with Crippen molar-refractivity contribution >= 4 is 35.5 Å². The van der Waals surface area contributed by atoms with Crippen LogP contribution in [0.3, 0.4) is 0 Å². The number of rotatable bonds is 18. The number of ether oxygens (including phenoxy) is 1. The topological polar surface area (TPSA) is 198 Å². The van der Waals surface area contributed by atoms with E-state index in [4.69, 9.17) is 55.1 Å². The molecule has 0 radical (unpaired) electrons. The predicted octanol–water partition coefficient (Wildman–Crippen LogP) is 4.24. The van der Waals surface area contributed by atoms with Crippen LogP contribution in [-0.4, -0.2) is 73.1 Å². The SMILES string of the molecule is [2H]c1c([2H])c([2H])c(C([2H])(c2c([2H])c([2H])c([2H])c([2H])c2[2H])[C@]([2H])(NC(=O)OC([2H])([2H])[2H])C(=O)NC([2H])([2H])C([2H])([2H])C([2H])([2H])C([2H])([2H])[C@]([2H])(N(C([2H])([2H])C([2H])(C([2H])([2H])[2H])C([2H])([2H])[2H])S(=O)(=O)c2c([2H])c([2H])c(N)c([2H])c2[2H])C([2H])([2H])OP(=O)(O)O)c([2H])c1[2H]. The highest BCUT2D eigenvalue weighted by Crippen LogP contribution is 2.37. The molecular weight excluding hydrogens is 659 g/mol. The molecule has 0 saturated heterocycles. The standard InChI is InChI=1S/C33H45N4O9PS/c1-24(2)22-37(48(43,44)29-19-17-27(34)18-20-29)28(23-46-47(40,41)42)16-10-11-21-35-32(38)31(36-33(39)45-3)30(25-12-6-4-7-13-25)26-14-8-5-9-15-26/h4-9,12-15,17-20,24,28,30-31H,10-11,16,21-23,34H2,1-3H3,(H,35,38)(H,36,39)(H2,40,41,42)/t28-,31-/m0/s1/i1D3,2D3,3D3,4D,5D,6D,7D,8D,9D,10D2,11D2,12D,13D,14D,15D,16D2,17D,18D,19D,20D,21D2,22D2,23D2,24D,28D,30D,31D. The smallest absolute Gasteiger partial charge is 0.453 e. The van der Waals surface area contributed by atoms with E-state index in [-0.39, 0.29) is 0 Å². The van der Waals surface area contributed by atoms with E-state index in [9.17, 15) is 23.3 Å². The zero-order valence-electron chi connectivity index (χ0n) is 62.1. The van der Waals surface area contributed by atoms with Crippen LogP contribution >= 0.6 is 7.82 Å². The van der Waals surface area contributed by atoms with Crippen LogP contribution in [0.4, 0.5) is 10.5 Å². The highest BCUT2D eigenvalue weighted by Gasteiger charge is 2.35. The van der Waals surface area contributed by atoms with Gasteiger partial charge in [0.25, 0.3) is 0 Å². The molecular formula is C33H45N4O9PS. The molecule has 13 nitrogen and oxygen atoms in total. The monoisotopic (exact) mass is 744 g/mol.